The van der Waals surface area contributed by atoms with Crippen molar-refractivity contribution in [2.24, 2.45) is 0 Å². The minimum atomic E-state index is 0.576. The molecule has 2 aromatic rings. The molecule has 0 heterocycles. The summed E-state index contributed by atoms with van der Waals surface area (Å²) in [6.45, 7) is 4.31. The van der Waals surface area contributed by atoms with Crippen LogP contribution in [0, 0.1) is 13.8 Å². The van der Waals surface area contributed by atoms with Crippen molar-refractivity contribution in [3.8, 4) is 11.1 Å². The number of aryl methyl sites for hydroxylation is 1. The van der Waals surface area contributed by atoms with Gasteiger partial charge in [-0.05, 0) is 41.7 Å². The van der Waals surface area contributed by atoms with E-state index in [0.717, 1.165) is 5.56 Å². The Morgan fingerprint density at radius 2 is 1.62 bits per heavy atom. The van der Waals surface area contributed by atoms with Crippen LogP contribution in [-0.2, 0) is 5.88 Å². The molecule has 0 radical (unpaired) electrons. The highest BCUT2D eigenvalue weighted by atomic mass is 35.5. The largest absolute Gasteiger partial charge is 0.122 e. The molecule has 0 aliphatic carbocycles. The van der Waals surface area contributed by atoms with E-state index in [2.05, 4.69) is 56.3 Å². The number of benzene rings is 2. The molecule has 0 nitrogen and oxygen atoms in total. The van der Waals surface area contributed by atoms with Gasteiger partial charge in [-0.1, -0.05) is 42.5 Å². The minimum Gasteiger partial charge on any atom is -0.122 e. The Kier molecular flexibility index (Phi) is 3.31. The average Bonchev–Trinajstić information content (AvgIpc) is 2.33. The van der Waals surface area contributed by atoms with Gasteiger partial charge in [-0.2, -0.15) is 0 Å². The van der Waals surface area contributed by atoms with E-state index in [1.165, 1.54) is 22.3 Å². The molecule has 1 heteroatoms. The SMILES string of the molecule is Cc1cccc(-c2ccc(CCl)cc2)c1C. The molecule has 0 atom stereocenters. The second-order valence-corrected chi connectivity index (χ2v) is 4.35. The van der Waals surface area contributed by atoms with Crippen molar-refractivity contribution < 1.29 is 0 Å². The van der Waals surface area contributed by atoms with Gasteiger partial charge in [-0.3, -0.25) is 0 Å². The van der Waals surface area contributed by atoms with Gasteiger partial charge in [0.2, 0.25) is 0 Å². The molecule has 0 amide bonds. The standard InChI is InChI=1S/C15H15Cl/c1-11-4-3-5-15(12(11)2)14-8-6-13(10-16)7-9-14/h3-9H,10H2,1-2H3. The Balaban J connectivity index is 2.46. The fraction of sp³-hybridized carbons (Fsp3) is 0.200. The van der Waals surface area contributed by atoms with Crippen LogP contribution in [0.4, 0.5) is 0 Å². The topological polar surface area (TPSA) is 0 Å². The van der Waals surface area contributed by atoms with E-state index in [1.807, 2.05) is 0 Å². The first-order chi connectivity index (χ1) is 7.72. The molecule has 2 aromatic carbocycles. The highest BCUT2D eigenvalue weighted by Crippen LogP contribution is 2.25. The maximum Gasteiger partial charge on any atom is 0.0474 e. The zero-order valence-corrected chi connectivity index (χ0v) is 10.4. The molecule has 0 aliphatic heterocycles. The Morgan fingerprint density at radius 3 is 2.25 bits per heavy atom. The molecule has 0 saturated heterocycles. The van der Waals surface area contributed by atoms with Gasteiger partial charge < -0.3 is 0 Å². The van der Waals surface area contributed by atoms with Crippen LogP contribution in [0.2, 0.25) is 0 Å². The first kappa shape index (κ1) is 11.2. The van der Waals surface area contributed by atoms with E-state index in [1.54, 1.807) is 0 Å². The van der Waals surface area contributed by atoms with Crippen LogP contribution in [0.15, 0.2) is 42.5 Å². The lowest BCUT2D eigenvalue weighted by molar-refractivity contribution is 1.33. The second kappa shape index (κ2) is 4.71. The van der Waals surface area contributed by atoms with E-state index < -0.39 is 0 Å². The summed E-state index contributed by atoms with van der Waals surface area (Å²) in [6, 6.07) is 14.9. The number of hydrogen-bond donors (Lipinski definition) is 0. The molecule has 0 aromatic heterocycles. The van der Waals surface area contributed by atoms with Gasteiger partial charge in [0.15, 0.2) is 0 Å². The molecule has 0 saturated carbocycles. The molecule has 82 valence electrons. The lowest BCUT2D eigenvalue weighted by Gasteiger charge is -2.09. The number of rotatable bonds is 2. The predicted octanol–water partition coefficient (Wildman–Crippen LogP) is 4.71. The predicted molar refractivity (Wildman–Crippen MR) is 70.9 cm³/mol. The van der Waals surface area contributed by atoms with Crippen molar-refractivity contribution in [2.45, 2.75) is 19.7 Å². The second-order valence-electron chi connectivity index (χ2n) is 4.08. The van der Waals surface area contributed by atoms with Gasteiger partial charge in [0.1, 0.15) is 0 Å². The molecule has 0 N–H and O–H groups in total. The third-order valence-corrected chi connectivity index (χ3v) is 3.33. The lowest BCUT2D eigenvalue weighted by Crippen LogP contribution is -1.87. The van der Waals surface area contributed by atoms with Gasteiger partial charge in [0.05, 0.1) is 0 Å². The summed E-state index contributed by atoms with van der Waals surface area (Å²) < 4.78 is 0. The van der Waals surface area contributed by atoms with Crippen molar-refractivity contribution in [1.82, 2.24) is 0 Å². The van der Waals surface area contributed by atoms with Crippen LogP contribution in [0.5, 0.6) is 0 Å². The Bertz CT molecular complexity index is 483. The van der Waals surface area contributed by atoms with Gasteiger partial charge in [-0.25, -0.2) is 0 Å². The summed E-state index contributed by atoms with van der Waals surface area (Å²) in [5.74, 6) is 0.576. The molecular formula is C15H15Cl. The third-order valence-electron chi connectivity index (χ3n) is 3.02. The van der Waals surface area contributed by atoms with Crippen LogP contribution in [-0.4, -0.2) is 0 Å². The van der Waals surface area contributed by atoms with Gasteiger partial charge >= 0.3 is 0 Å². The van der Waals surface area contributed by atoms with Crippen molar-refractivity contribution in [3.63, 3.8) is 0 Å². The molecule has 16 heavy (non-hydrogen) atoms. The quantitative estimate of drug-likeness (QED) is 0.656. The number of alkyl halides is 1. The highest BCUT2D eigenvalue weighted by Gasteiger charge is 2.03. The van der Waals surface area contributed by atoms with E-state index in [9.17, 15) is 0 Å². The highest BCUT2D eigenvalue weighted by molar-refractivity contribution is 6.17. The maximum absolute atomic E-state index is 5.78. The summed E-state index contributed by atoms with van der Waals surface area (Å²) in [6.07, 6.45) is 0. The Morgan fingerprint density at radius 1 is 0.938 bits per heavy atom. The third kappa shape index (κ3) is 2.12. The molecule has 2 rings (SSSR count). The fourth-order valence-electron chi connectivity index (χ4n) is 1.84. The van der Waals surface area contributed by atoms with Crippen LogP contribution < -0.4 is 0 Å². The van der Waals surface area contributed by atoms with Crippen LogP contribution in [0.3, 0.4) is 0 Å². The van der Waals surface area contributed by atoms with Gasteiger partial charge in [0.25, 0.3) is 0 Å². The van der Waals surface area contributed by atoms with Crippen molar-refractivity contribution in [3.05, 3.63) is 59.2 Å². The monoisotopic (exact) mass is 230 g/mol. The summed E-state index contributed by atoms with van der Waals surface area (Å²) in [5.41, 5.74) is 6.41. The fourth-order valence-corrected chi connectivity index (χ4v) is 2.02. The molecular weight excluding hydrogens is 216 g/mol. The zero-order chi connectivity index (χ0) is 11.5. The van der Waals surface area contributed by atoms with Crippen LogP contribution >= 0.6 is 11.6 Å². The van der Waals surface area contributed by atoms with Crippen molar-refractivity contribution in [1.29, 1.82) is 0 Å². The lowest BCUT2D eigenvalue weighted by atomic mass is 9.97. The summed E-state index contributed by atoms with van der Waals surface area (Å²) >= 11 is 5.78. The van der Waals surface area contributed by atoms with Crippen molar-refractivity contribution >= 4 is 11.6 Å². The van der Waals surface area contributed by atoms with Crippen molar-refractivity contribution in [2.75, 3.05) is 0 Å². The first-order valence-corrected chi connectivity index (χ1v) is 5.97. The molecule has 0 spiro atoms. The first-order valence-electron chi connectivity index (χ1n) is 5.44. The Hall–Kier alpha value is -1.27. The van der Waals surface area contributed by atoms with Crippen LogP contribution in [0.25, 0.3) is 11.1 Å². The number of halogens is 1. The number of hydrogen-bond acceptors (Lipinski definition) is 0. The summed E-state index contributed by atoms with van der Waals surface area (Å²) in [5, 5.41) is 0. The van der Waals surface area contributed by atoms with E-state index in [-0.39, 0.29) is 0 Å². The molecule has 0 aliphatic rings. The Labute approximate surface area is 102 Å². The zero-order valence-electron chi connectivity index (χ0n) is 9.63. The van der Waals surface area contributed by atoms with Gasteiger partial charge in [0, 0.05) is 5.88 Å². The molecule has 0 bridgehead atoms. The maximum atomic E-state index is 5.78. The molecule has 0 fully saturated rings. The van der Waals surface area contributed by atoms with E-state index in [4.69, 9.17) is 11.6 Å². The molecule has 0 unspecified atom stereocenters. The smallest absolute Gasteiger partial charge is 0.0474 e. The van der Waals surface area contributed by atoms with E-state index in [0.29, 0.717) is 5.88 Å². The minimum absolute atomic E-state index is 0.576. The summed E-state index contributed by atoms with van der Waals surface area (Å²) in [7, 11) is 0. The van der Waals surface area contributed by atoms with E-state index >= 15 is 0 Å². The van der Waals surface area contributed by atoms with Crippen LogP contribution in [0.1, 0.15) is 16.7 Å². The average molecular weight is 231 g/mol. The van der Waals surface area contributed by atoms with Gasteiger partial charge in [-0.15, -0.1) is 11.6 Å². The summed E-state index contributed by atoms with van der Waals surface area (Å²) in [4.78, 5) is 0. The normalized spacial score (nSPS) is 10.4.